The van der Waals surface area contributed by atoms with E-state index in [9.17, 15) is 4.79 Å². The van der Waals surface area contributed by atoms with E-state index >= 15 is 0 Å². The predicted molar refractivity (Wildman–Crippen MR) is 109 cm³/mol. The van der Waals surface area contributed by atoms with Crippen LogP contribution in [0, 0.1) is 6.92 Å². The lowest BCUT2D eigenvalue weighted by Crippen LogP contribution is -2.38. The van der Waals surface area contributed by atoms with E-state index in [-0.39, 0.29) is 6.61 Å². The molecule has 0 aliphatic heterocycles. The van der Waals surface area contributed by atoms with Crippen LogP contribution in [0.4, 0.5) is 0 Å². The molecule has 0 saturated heterocycles. The quantitative estimate of drug-likeness (QED) is 0.493. The van der Waals surface area contributed by atoms with Gasteiger partial charge in [-0.3, -0.25) is 9.79 Å². The molecule has 0 saturated carbocycles. The lowest BCUT2D eigenvalue weighted by molar-refractivity contribution is -0.119. The van der Waals surface area contributed by atoms with Gasteiger partial charge in [-0.1, -0.05) is 48.9 Å². The summed E-state index contributed by atoms with van der Waals surface area (Å²) >= 11 is 0. The molecule has 0 bridgehead atoms. The van der Waals surface area contributed by atoms with Crippen LogP contribution in [0.1, 0.15) is 29.5 Å². The number of nitrogens with zero attached hydrogens (tertiary/aromatic N) is 1. The van der Waals surface area contributed by atoms with E-state index in [0.717, 1.165) is 18.1 Å². The standard InChI is InChI=1S/C21H28N4O2/c1-15-6-4-8-18(10-15)16(2)12-24-21(23-3)25-13-17-7-5-9-19(11-17)27-14-20(22)26/h4-11,16H,12-14H2,1-3H3,(H2,22,26)(H2,23,24,25). The van der Waals surface area contributed by atoms with Gasteiger partial charge in [0.1, 0.15) is 5.75 Å². The summed E-state index contributed by atoms with van der Waals surface area (Å²) in [4.78, 5) is 15.1. The van der Waals surface area contributed by atoms with Gasteiger partial charge >= 0.3 is 0 Å². The number of aliphatic imine (C=N–C) groups is 1. The highest BCUT2D eigenvalue weighted by molar-refractivity contribution is 5.79. The summed E-state index contributed by atoms with van der Waals surface area (Å²) in [5.41, 5.74) is 8.69. The Morgan fingerprint density at radius 3 is 2.67 bits per heavy atom. The van der Waals surface area contributed by atoms with E-state index in [4.69, 9.17) is 10.5 Å². The zero-order chi connectivity index (χ0) is 19.6. The van der Waals surface area contributed by atoms with Crippen LogP contribution in [-0.4, -0.2) is 32.1 Å². The molecule has 4 N–H and O–H groups in total. The first kappa shape index (κ1) is 20.3. The number of guanidine groups is 1. The normalized spacial score (nSPS) is 12.3. The molecule has 2 aromatic carbocycles. The van der Waals surface area contributed by atoms with Crippen molar-refractivity contribution >= 4 is 11.9 Å². The molecule has 0 spiro atoms. The molecule has 0 fully saturated rings. The summed E-state index contributed by atoms with van der Waals surface area (Å²) in [6.45, 7) is 5.54. The van der Waals surface area contributed by atoms with Crippen molar-refractivity contribution < 1.29 is 9.53 Å². The number of ether oxygens (including phenoxy) is 1. The second kappa shape index (κ2) is 10.2. The van der Waals surface area contributed by atoms with Crippen LogP contribution < -0.4 is 21.1 Å². The number of carbonyl (C=O) groups excluding carboxylic acids is 1. The fourth-order valence-electron chi connectivity index (χ4n) is 2.65. The number of amides is 1. The Kier molecular flexibility index (Phi) is 7.67. The lowest BCUT2D eigenvalue weighted by atomic mass is 9.99. The summed E-state index contributed by atoms with van der Waals surface area (Å²) in [7, 11) is 1.75. The second-order valence-electron chi connectivity index (χ2n) is 6.52. The van der Waals surface area contributed by atoms with Crippen LogP contribution in [0.5, 0.6) is 5.75 Å². The number of aryl methyl sites for hydroxylation is 1. The maximum atomic E-state index is 10.8. The molecule has 144 valence electrons. The van der Waals surface area contributed by atoms with Gasteiger partial charge in [0, 0.05) is 20.1 Å². The monoisotopic (exact) mass is 368 g/mol. The van der Waals surface area contributed by atoms with Crippen molar-refractivity contribution in [2.24, 2.45) is 10.7 Å². The fourth-order valence-corrected chi connectivity index (χ4v) is 2.65. The van der Waals surface area contributed by atoms with Crippen molar-refractivity contribution in [1.82, 2.24) is 10.6 Å². The van der Waals surface area contributed by atoms with E-state index in [1.54, 1.807) is 13.1 Å². The van der Waals surface area contributed by atoms with Crippen LogP contribution in [0.15, 0.2) is 53.5 Å². The van der Waals surface area contributed by atoms with Gasteiger partial charge in [0.25, 0.3) is 5.91 Å². The Bertz CT molecular complexity index is 789. The van der Waals surface area contributed by atoms with E-state index in [2.05, 4.69) is 53.7 Å². The minimum Gasteiger partial charge on any atom is -0.484 e. The number of hydrogen-bond acceptors (Lipinski definition) is 3. The molecule has 2 aromatic rings. The van der Waals surface area contributed by atoms with E-state index < -0.39 is 5.91 Å². The topological polar surface area (TPSA) is 88.7 Å². The number of benzene rings is 2. The van der Waals surface area contributed by atoms with Gasteiger partial charge in [0.2, 0.25) is 0 Å². The Labute approximate surface area is 160 Å². The SMILES string of the molecule is CN=C(NCc1cccc(OCC(N)=O)c1)NCC(C)c1cccc(C)c1. The van der Waals surface area contributed by atoms with Crippen LogP contribution in [-0.2, 0) is 11.3 Å². The van der Waals surface area contributed by atoms with Crippen molar-refractivity contribution in [3.8, 4) is 5.75 Å². The van der Waals surface area contributed by atoms with Crippen LogP contribution in [0.25, 0.3) is 0 Å². The largest absolute Gasteiger partial charge is 0.484 e. The third-order valence-corrected chi connectivity index (χ3v) is 4.15. The molecule has 0 radical (unpaired) electrons. The third kappa shape index (κ3) is 7.01. The average molecular weight is 368 g/mol. The zero-order valence-corrected chi connectivity index (χ0v) is 16.2. The Morgan fingerprint density at radius 2 is 1.96 bits per heavy atom. The van der Waals surface area contributed by atoms with Crippen molar-refractivity contribution in [2.45, 2.75) is 26.3 Å². The Morgan fingerprint density at radius 1 is 1.19 bits per heavy atom. The first-order valence-electron chi connectivity index (χ1n) is 8.99. The molecule has 2 rings (SSSR count). The van der Waals surface area contributed by atoms with Crippen LogP contribution >= 0.6 is 0 Å². The molecule has 1 atom stereocenters. The smallest absolute Gasteiger partial charge is 0.255 e. The number of nitrogens with two attached hydrogens (primary N) is 1. The van der Waals surface area contributed by atoms with Gasteiger partial charge in [-0.15, -0.1) is 0 Å². The molecule has 0 heterocycles. The third-order valence-electron chi connectivity index (χ3n) is 4.15. The first-order valence-corrected chi connectivity index (χ1v) is 8.99. The summed E-state index contributed by atoms with van der Waals surface area (Å²) in [6, 6.07) is 16.1. The van der Waals surface area contributed by atoms with Gasteiger partial charge < -0.3 is 21.1 Å². The van der Waals surface area contributed by atoms with Crippen molar-refractivity contribution in [3.05, 3.63) is 65.2 Å². The number of primary amides is 1. The minimum absolute atomic E-state index is 0.128. The maximum absolute atomic E-state index is 10.8. The summed E-state index contributed by atoms with van der Waals surface area (Å²) < 4.78 is 5.33. The van der Waals surface area contributed by atoms with Crippen molar-refractivity contribution in [1.29, 1.82) is 0 Å². The minimum atomic E-state index is -0.495. The summed E-state index contributed by atoms with van der Waals surface area (Å²) in [5.74, 6) is 1.22. The predicted octanol–water partition coefficient (Wildman–Crippen LogP) is 2.33. The van der Waals surface area contributed by atoms with Crippen molar-refractivity contribution in [2.75, 3.05) is 20.2 Å². The number of carbonyl (C=O) groups is 1. The molecule has 0 aromatic heterocycles. The molecule has 27 heavy (non-hydrogen) atoms. The van der Waals surface area contributed by atoms with Gasteiger partial charge in [-0.25, -0.2) is 0 Å². The van der Waals surface area contributed by atoms with Gasteiger partial charge in [0.15, 0.2) is 12.6 Å². The maximum Gasteiger partial charge on any atom is 0.255 e. The Hall–Kier alpha value is -3.02. The molecule has 0 aliphatic carbocycles. The molecule has 1 amide bonds. The number of rotatable bonds is 8. The highest BCUT2D eigenvalue weighted by Gasteiger charge is 2.07. The molecule has 6 heteroatoms. The van der Waals surface area contributed by atoms with Crippen LogP contribution in [0.3, 0.4) is 0 Å². The molecular formula is C21H28N4O2. The average Bonchev–Trinajstić information content (AvgIpc) is 2.66. The molecule has 6 nitrogen and oxygen atoms in total. The molecule has 1 unspecified atom stereocenters. The Balaban J connectivity index is 1.85. The van der Waals surface area contributed by atoms with Crippen molar-refractivity contribution in [3.63, 3.8) is 0 Å². The van der Waals surface area contributed by atoms with Gasteiger partial charge in [0.05, 0.1) is 0 Å². The number of hydrogen-bond donors (Lipinski definition) is 3. The van der Waals surface area contributed by atoms with E-state index in [1.165, 1.54) is 11.1 Å². The second-order valence-corrected chi connectivity index (χ2v) is 6.52. The lowest BCUT2D eigenvalue weighted by Gasteiger charge is -2.17. The summed E-state index contributed by atoms with van der Waals surface area (Å²) in [6.07, 6.45) is 0. The highest BCUT2D eigenvalue weighted by Crippen LogP contribution is 2.15. The zero-order valence-electron chi connectivity index (χ0n) is 16.2. The molecule has 0 aliphatic rings. The van der Waals surface area contributed by atoms with E-state index in [1.807, 2.05) is 18.2 Å². The number of nitrogens with one attached hydrogen (secondary N) is 2. The van der Waals surface area contributed by atoms with E-state index in [0.29, 0.717) is 18.2 Å². The highest BCUT2D eigenvalue weighted by atomic mass is 16.5. The van der Waals surface area contributed by atoms with Gasteiger partial charge in [-0.05, 0) is 36.1 Å². The fraction of sp³-hybridized carbons (Fsp3) is 0.333. The van der Waals surface area contributed by atoms with Gasteiger partial charge in [-0.2, -0.15) is 0 Å². The molecular weight excluding hydrogens is 340 g/mol. The summed E-state index contributed by atoms with van der Waals surface area (Å²) in [5, 5.41) is 6.65. The first-order chi connectivity index (χ1) is 13.0. The van der Waals surface area contributed by atoms with Crippen LogP contribution in [0.2, 0.25) is 0 Å².